The molecule has 4 aromatic rings. The summed E-state index contributed by atoms with van der Waals surface area (Å²) in [6.45, 7) is 0. The molecule has 0 aliphatic carbocycles. The molecule has 5 heteroatoms. The van der Waals surface area contributed by atoms with Crippen molar-refractivity contribution in [2.24, 2.45) is 0 Å². The topological polar surface area (TPSA) is 48.0 Å². The molecule has 0 unspecified atom stereocenters. The number of aromatic nitrogens is 2. The van der Waals surface area contributed by atoms with E-state index in [-0.39, 0.29) is 16.5 Å². The number of nitrogens with zero attached hydrogens (tertiary/aromatic N) is 2. The van der Waals surface area contributed by atoms with Gasteiger partial charge < -0.3 is 4.42 Å². The smallest absolute Gasteiger partial charge is 0.250 e. The van der Waals surface area contributed by atoms with E-state index in [0.717, 1.165) is 5.69 Å². The molecule has 4 rings (SSSR count). The largest absolute Gasteiger partial charge is 0.436 e. The third kappa shape index (κ3) is 1.82. The van der Waals surface area contributed by atoms with Gasteiger partial charge in [0.15, 0.2) is 0 Å². The molecule has 0 saturated carbocycles. The molecule has 0 atom stereocenters. The first kappa shape index (κ1) is 11.8. The first-order valence-corrected chi connectivity index (χ1v) is 6.39. The van der Waals surface area contributed by atoms with Gasteiger partial charge in [-0.25, -0.2) is 9.07 Å². The highest BCUT2D eigenvalue weighted by Crippen LogP contribution is 2.19. The van der Waals surface area contributed by atoms with Crippen molar-refractivity contribution in [3.63, 3.8) is 0 Å². The molecule has 0 radical (unpaired) electrons. The van der Waals surface area contributed by atoms with Crippen molar-refractivity contribution < 1.29 is 8.81 Å². The van der Waals surface area contributed by atoms with Crippen molar-refractivity contribution in [1.29, 1.82) is 0 Å². The van der Waals surface area contributed by atoms with Crippen LogP contribution in [0.15, 0.2) is 63.9 Å². The molecule has 2 aromatic carbocycles. The Bertz CT molecular complexity index is 1020. The standard InChI is InChI=1S/C16H9FN2O2/c17-10-6-7-14-12(8-10)15(20)13-9-19(18-16(13)21-14)11-4-2-1-3-5-11/h1-9H. The third-order valence-electron chi connectivity index (χ3n) is 3.34. The van der Waals surface area contributed by atoms with Gasteiger partial charge in [-0.2, -0.15) is 0 Å². The summed E-state index contributed by atoms with van der Waals surface area (Å²) in [4.78, 5) is 12.4. The van der Waals surface area contributed by atoms with E-state index in [9.17, 15) is 9.18 Å². The molecule has 2 aromatic heterocycles. The van der Waals surface area contributed by atoms with Crippen molar-refractivity contribution in [2.45, 2.75) is 0 Å². The second-order valence-corrected chi connectivity index (χ2v) is 4.70. The van der Waals surface area contributed by atoms with Gasteiger partial charge >= 0.3 is 0 Å². The normalized spacial score (nSPS) is 11.3. The van der Waals surface area contributed by atoms with E-state index in [1.54, 1.807) is 10.9 Å². The van der Waals surface area contributed by atoms with Crippen LogP contribution < -0.4 is 5.43 Å². The lowest BCUT2D eigenvalue weighted by Crippen LogP contribution is -2.00. The Morgan fingerprint density at radius 3 is 2.67 bits per heavy atom. The Balaban J connectivity index is 2.06. The summed E-state index contributed by atoms with van der Waals surface area (Å²) in [5, 5.41) is 4.82. The molecule has 0 aliphatic rings. The van der Waals surface area contributed by atoms with E-state index in [1.165, 1.54) is 18.2 Å². The minimum atomic E-state index is -0.468. The molecular formula is C16H9FN2O2. The van der Waals surface area contributed by atoms with Crippen molar-refractivity contribution in [1.82, 2.24) is 9.78 Å². The van der Waals surface area contributed by atoms with Crippen LogP contribution in [0.3, 0.4) is 0 Å². The molecule has 4 nitrogen and oxygen atoms in total. The van der Waals surface area contributed by atoms with Gasteiger partial charge in [0.1, 0.15) is 16.8 Å². The SMILES string of the molecule is O=c1c2cc(F)ccc2oc2nn(-c3ccccc3)cc12. The van der Waals surface area contributed by atoms with Gasteiger partial charge in [-0.05, 0) is 30.3 Å². The Hall–Kier alpha value is -2.95. The number of rotatable bonds is 1. The predicted molar refractivity (Wildman–Crippen MR) is 77.1 cm³/mol. The van der Waals surface area contributed by atoms with Crippen LogP contribution >= 0.6 is 0 Å². The Morgan fingerprint density at radius 2 is 1.86 bits per heavy atom. The van der Waals surface area contributed by atoms with Gasteiger partial charge in [0.25, 0.3) is 0 Å². The highest BCUT2D eigenvalue weighted by atomic mass is 19.1. The number of halogens is 1. The zero-order valence-corrected chi connectivity index (χ0v) is 10.8. The van der Waals surface area contributed by atoms with Crippen LogP contribution in [0.1, 0.15) is 0 Å². The second kappa shape index (κ2) is 4.28. The summed E-state index contributed by atoms with van der Waals surface area (Å²) in [6, 6.07) is 13.3. The Labute approximate surface area is 118 Å². The molecule has 0 aliphatic heterocycles. The lowest BCUT2D eigenvalue weighted by atomic mass is 10.2. The molecule has 0 spiro atoms. The molecule has 0 amide bonds. The molecule has 21 heavy (non-hydrogen) atoms. The predicted octanol–water partition coefficient (Wildman–Crippen LogP) is 3.27. The van der Waals surface area contributed by atoms with Gasteiger partial charge in [-0.1, -0.05) is 18.2 Å². The number of hydrogen-bond acceptors (Lipinski definition) is 3. The summed E-state index contributed by atoms with van der Waals surface area (Å²) in [6.07, 6.45) is 1.60. The molecular weight excluding hydrogens is 271 g/mol. The summed E-state index contributed by atoms with van der Waals surface area (Å²) in [5.41, 5.74) is 1.10. The average Bonchev–Trinajstić information content (AvgIpc) is 2.94. The van der Waals surface area contributed by atoms with Crippen molar-refractivity contribution in [2.75, 3.05) is 0 Å². The van der Waals surface area contributed by atoms with E-state index < -0.39 is 5.82 Å². The molecule has 0 bridgehead atoms. The monoisotopic (exact) mass is 280 g/mol. The van der Waals surface area contributed by atoms with Gasteiger partial charge in [0.05, 0.1) is 11.1 Å². The molecule has 0 N–H and O–H groups in total. The van der Waals surface area contributed by atoms with Crippen LogP contribution in [0.25, 0.3) is 27.8 Å². The van der Waals surface area contributed by atoms with Crippen molar-refractivity contribution in [3.05, 3.63) is 70.8 Å². The van der Waals surface area contributed by atoms with Crippen LogP contribution in [-0.4, -0.2) is 9.78 Å². The van der Waals surface area contributed by atoms with Crippen LogP contribution in [0.2, 0.25) is 0 Å². The zero-order chi connectivity index (χ0) is 14.4. The molecule has 0 fully saturated rings. The van der Waals surface area contributed by atoms with E-state index >= 15 is 0 Å². The van der Waals surface area contributed by atoms with Crippen LogP contribution in [0.5, 0.6) is 0 Å². The minimum absolute atomic E-state index is 0.218. The fourth-order valence-electron chi connectivity index (χ4n) is 2.32. The highest BCUT2D eigenvalue weighted by Gasteiger charge is 2.12. The fourth-order valence-corrected chi connectivity index (χ4v) is 2.32. The highest BCUT2D eigenvalue weighted by molar-refractivity contribution is 5.87. The average molecular weight is 280 g/mol. The fraction of sp³-hybridized carbons (Fsp3) is 0. The quantitative estimate of drug-likeness (QED) is 0.537. The van der Waals surface area contributed by atoms with Crippen LogP contribution in [0.4, 0.5) is 4.39 Å². The van der Waals surface area contributed by atoms with E-state index in [2.05, 4.69) is 5.10 Å². The van der Waals surface area contributed by atoms with Crippen LogP contribution in [-0.2, 0) is 0 Å². The number of fused-ring (bicyclic) bond motifs is 2. The second-order valence-electron chi connectivity index (χ2n) is 4.70. The molecule has 102 valence electrons. The Kier molecular flexibility index (Phi) is 2.41. The van der Waals surface area contributed by atoms with Crippen LogP contribution in [0, 0.1) is 5.82 Å². The van der Waals surface area contributed by atoms with E-state index in [4.69, 9.17) is 4.42 Å². The molecule has 2 heterocycles. The summed E-state index contributed by atoms with van der Waals surface area (Å²) >= 11 is 0. The lowest BCUT2D eigenvalue weighted by Gasteiger charge is -1.97. The first-order chi connectivity index (χ1) is 10.2. The van der Waals surface area contributed by atoms with E-state index in [1.807, 2.05) is 30.3 Å². The van der Waals surface area contributed by atoms with Gasteiger partial charge in [-0.15, -0.1) is 5.10 Å². The van der Waals surface area contributed by atoms with Crippen molar-refractivity contribution in [3.8, 4) is 5.69 Å². The maximum atomic E-state index is 13.3. The van der Waals surface area contributed by atoms with Gasteiger partial charge in [0, 0.05) is 6.20 Å². The number of para-hydroxylation sites is 1. The number of benzene rings is 2. The summed E-state index contributed by atoms with van der Waals surface area (Å²) < 4.78 is 20.4. The summed E-state index contributed by atoms with van der Waals surface area (Å²) in [5.74, 6) is -0.468. The van der Waals surface area contributed by atoms with E-state index in [0.29, 0.717) is 11.0 Å². The maximum Gasteiger partial charge on any atom is 0.250 e. The number of hydrogen-bond donors (Lipinski definition) is 0. The summed E-state index contributed by atoms with van der Waals surface area (Å²) in [7, 11) is 0. The minimum Gasteiger partial charge on any atom is -0.436 e. The van der Waals surface area contributed by atoms with Crippen molar-refractivity contribution >= 4 is 22.1 Å². The van der Waals surface area contributed by atoms with Gasteiger partial charge in [-0.3, -0.25) is 4.79 Å². The zero-order valence-electron chi connectivity index (χ0n) is 10.8. The Morgan fingerprint density at radius 1 is 1.05 bits per heavy atom. The first-order valence-electron chi connectivity index (χ1n) is 6.39. The lowest BCUT2D eigenvalue weighted by molar-refractivity contribution is 0.618. The van der Waals surface area contributed by atoms with Gasteiger partial charge in [0.2, 0.25) is 11.1 Å². The third-order valence-corrected chi connectivity index (χ3v) is 3.34. The maximum absolute atomic E-state index is 13.3. The molecule has 0 saturated heterocycles.